The number of hydrogen-bond acceptors (Lipinski definition) is 4. The molecular weight excluding hydrogens is 570 g/mol. The number of rotatable bonds is 36. The Bertz CT molecular complexity index is 679. The maximum absolute atomic E-state index is 12.4. The second-order valence-electron chi connectivity index (χ2n) is 13.8. The van der Waals surface area contributed by atoms with E-state index in [4.69, 9.17) is 0 Å². The van der Waals surface area contributed by atoms with Crippen LogP contribution in [-0.4, -0.2) is 46.1 Å². The molecule has 3 unspecified atom stereocenters. The molecule has 272 valence electrons. The molecule has 0 aromatic heterocycles. The van der Waals surface area contributed by atoms with E-state index in [1.807, 2.05) is 6.08 Å². The molecular formula is C41H79NO4. The van der Waals surface area contributed by atoms with Crippen molar-refractivity contribution in [3.63, 3.8) is 0 Å². The first-order valence-corrected chi connectivity index (χ1v) is 20.2. The van der Waals surface area contributed by atoms with Crippen LogP contribution < -0.4 is 5.32 Å². The molecule has 0 aliphatic heterocycles. The number of hydrogen-bond donors (Lipinski definition) is 4. The van der Waals surface area contributed by atoms with Gasteiger partial charge in [-0.3, -0.25) is 4.79 Å². The minimum Gasteiger partial charge on any atom is -0.394 e. The van der Waals surface area contributed by atoms with Crippen molar-refractivity contribution in [2.75, 3.05) is 6.61 Å². The molecule has 0 heterocycles. The quantitative estimate of drug-likeness (QED) is 0.0401. The molecule has 46 heavy (non-hydrogen) atoms. The Labute approximate surface area is 286 Å². The van der Waals surface area contributed by atoms with Gasteiger partial charge in [-0.25, -0.2) is 0 Å². The first-order valence-electron chi connectivity index (χ1n) is 20.2. The predicted octanol–water partition coefficient (Wildman–Crippen LogP) is 11.0. The second-order valence-corrected chi connectivity index (χ2v) is 13.8. The summed E-state index contributed by atoms with van der Waals surface area (Å²) in [6.45, 7) is 4.15. The van der Waals surface area contributed by atoms with Gasteiger partial charge in [0.1, 0.15) is 6.10 Å². The summed E-state index contributed by atoms with van der Waals surface area (Å²) >= 11 is 0. The molecule has 0 radical (unpaired) electrons. The highest BCUT2D eigenvalue weighted by Gasteiger charge is 2.22. The third-order valence-electron chi connectivity index (χ3n) is 9.29. The van der Waals surface area contributed by atoms with E-state index in [0.29, 0.717) is 6.42 Å². The Morgan fingerprint density at radius 1 is 0.522 bits per heavy atom. The summed E-state index contributed by atoms with van der Waals surface area (Å²) in [7, 11) is 0. The number of carbonyl (C=O) groups is 1. The van der Waals surface area contributed by atoms with Crippen LogP contribution >= 0.6 is 0 Å². The predicted molar refractivity (Wildman–Crippen MR) is 199 cm³/mol. The van der Waals surface area contributed by atoms with Crippen LogP contribution in [0.4, 0.5) is 0 Å². The van der Waals surface area contributed by atoms with Crippen LogP contribution in [0, 0.1) is 0 Å². The Morgan fingerprint density at radius 2 is 0.870 bits per heavy atom. The average Bonchev–Trinajstić information content (AvgIpc) is 3.06. The van der Waals surface area contributed by atoms with Crippen LogP contribution in [0.3, 0.4) is 0 Å². The van der Waals surface area contributed by atoms with Gasteiger partial charge in [-0.2, -0.15) is 0 Å². The van der Waals surface area contributed by atoms with Crippen molar-refractivity contribution >= 4 is 5.91 Å². The summed E-state index contributed by atoms with van der Waals surface area (Å²) in [6, 6.07) is -0.796. The van der Waals surface area contributed by atoms with Gasteiger partial charge >= 0.3 is 0 Å². The normalized spacial score (nSPS) is 13.9. The van der Waals surface area contributed by atoms with Crippen molar-refractivity contribution in [3.05, 3.63) is 24.3 Å². The lowest BCUT2D eigenvalue weighted by atomic mass is 10.0. The topological polar surface area (TPSA) is 89.8 Å². The number of aliphatic hydroxyl groups excluding tert-OH is 3. The largest absolute Gasteiger partial charge is 0.394 e. The van der Waals surface area contributed by atoms with Gasteiger partial charge in [0.05, 0.1) is 18.8 Å². The molecule has 0 aliphatic rings. The van der Waals surface area contributed by atoms with Crippen molar-refractivity contribution in [2.24, 2.45) is 0 Å². The summed E-state index contributed by atoms with van der Waals surface area (Å²) in [5, 5.41) is 32.9. The van der Waals surface area contributed by atoms with Gasteiger partial charge in [0.25, 0.3) is 0 Å². The van der Waals surface area contributed by atoms with E-state index in [-0.39, 0.29) is 6.61 Å². The Morgan fingerprint density at radius 3 is 1.26 bits per heavy atom. The molecule has 3 atom stereocenters. The molecule has 0 saturated carbocycles. The van der Waals surface area contributed by atoms with Crippen LogP contribution in [0.5, 0.6) is 0 Å². The third-order valence-corrected chi connectivity index (χ3v) is 9.29. The zero-order valence-corrected chi connectivity index (χ0v) is 30.7. The molecule has 4 N–H and O–H groups in total. The van der Waals surface area contributed by atoms with Gasteiger partial charge in [-0.05, 0) is 44.9 Å². The zero-order valence-electron chi connectivity index (χ0n) is 30.7. The molecule has 0 spiro atoms. The molecule has 0 aliphatic carbocycles. The Balaban J connectivity index is 3.65. The van der Waals surface area contributed by atoms with E-state index in [9.17, 15) is 20.1 Å². The van der Waals surface area contributed by atoms with Crippen molar-refractivity contribution in [1.82, 2.24) is 5.32 Å². The smallest absolute Gasteiger partial charge is 0.249 e. The lowest BCUT2D eigenvalue weighted by Crippen LogP contribution is -2.48. The minimum atomic E-state index is -1.10. The van der Waals surface area contributed by atoms with Gasteiger partial charge in [0.15, 0.2) is 0 Å². The van der Waals surface area contributed by atoms with Gasteiger partial charge in [0.2, 0.25) is 5.91 Å². The van der Waals surface area contributed by atoms with Crippen LogP contribution in [0.15, 0.2) is 24.3 Å². The average molecular weight is 650 g/mol. The number of carbonyl (C=O) groups excluding carboxylic acids is 1. The standard InChI is InChI=1S/C41H79NO4/c1-3-5-7-9-11-13-15-16-17-18-19-20-21-22-23-24-25-26-28-30-32-34-36-40(45)41(46)42-38(37-43)39(44)35-33-31-29-27-14-12-10-8-6-4-2/h22-23,33,35,38-40,43-45H,3-21,24-32,34,36-37H2,1-2H3,(H,42,46)/b23-22-,35-33+. The number of amides is 1. The Kier molecular flexibility index (Phi) is 35.7. The lowest BCUT2D eigenvalue weighted by molar-refractivity contribution is -0.131. The van der Waals surface area contributed by atoms with Crippen LogP contribution in [-0.2, 0) is 4.79 Å². The van der Waals surface area contributed by atoms with Gasteiger partial charge < -0.3 is 20.6 Å². The summed E-state index contributed by atoms with van der Waals surface area (Å²) < 4.78 is 0. The molecule has 1 amide bonds. The van der Waals surface area contributed by atoms with Crippen LogP contribution in [0.1, 0.15) is 206 Å². The molecule has 0 rings (SSSR count). The van der Waals surface area contributed by atoms with Crippen molar-refractivity contribution in [3.8, 4) is 0 Å². The fourth-order valence-corrected chi connectivity index (χ4v) is 6.06. The highest BCUT2D eigenvalue weighted by Crippen LogP contribution is 2.14. The molecule has 5 heteroatoms. The SMILES string of the molecule is CCCCCCCCCC/C=C/C(O)C(CO)NC(=O)C(O)CCCCCCCC/C=C\CCCCCCCCCCCCCC. The molecule has 0 saturated heterocycles. The monoisotopic (exact) mass is 650 g/mol. The number of aliphatic hydroxyl groups is 3. The highest BCUT2D eigenvalue weighted by atomic mass is 16.3. The van der Waals surface area contributed by atoms with Crippen LogP contribution in [0.25, 0.3) is 0 Å². The Hall–Kier alpha value is -1.17. The first-order chi connectivity index (χ1) is 22.6. The molecule has 5 nitrogen and oxygen atoms in total. The second kappa shape index (κ2) is 36.7. The van der Waals surface area contributed by atoms with E-state index < -0.39 is 24.2 Å². The van der Waals surface area contributed by atoms with Crippen molar-refractivity contribution < 1.29 is 20.1 Å². The van der Waals surface area contributed by atoms with Crippen molar-refractivity contribution in [2.45, 2.75) is 225 Å². The number of allylic oxidation sites excluding steroid dienone is 3. The number of unbranched alkanes of at least 4 members (excludes halogenated alkanes) is 26. The lowest BCUT2D eigenvalue weighted by Gasteiger charge is -2.21. The summed E-state index contributed by atoms with van der Waals surface area (Å²) in [5.41, 5.74) is 0. The molecule has 0 aromatic rings. The van der Waals surface area contributed by atoms with Crippen molar-refractivity contribution in [1.29, 1.82) is 0 Å². The summed E-state index contributed by atoms with van der Waals surface area (Å²) in [6.07, 6.45) is 43.5. The fraction of sp³-hybridized carbons (Fsp3) is 0.878. The van der Waals surface area contributed by atoms with Gasteiger partial charge in [-0.1, -0.05) is 186 Å². The van der Waals surface area contributed by atoms with E-state index in [0.717, 1.165) is 32.1 Å². The van der Waals surface area contributed by atoms with Gasteiger partial charge in [-0.15, -0.1) is 0 Å². The van der Waals surface area contributed by atoms with E-state index in [2.05, 4.69) is 31.3 Å². The molecule has 0 aromatic carbocycles. The summed E-state index contributed by atoms with van der Waals surface area (Å²) in [4.78, 5) is 12.4. The molecule has 0 bridgehead atoms. The zero-order chi connectivity index (χ0) is 33.8. The minimum absolute atomic E-state index is 0.365. The van der Waals surface area contributed by atoms with E-state index >= 15 is 0 Å². The maximum atomic E-state index is 12.4. The van der Waals surface area contributed by atoms with E-state index in [1.54, 1.807) is 6.08 Å². The number of nitrogens with one attached hydrogen (secondary N) is 1. The molecule has 0 fully saturated rings. The fourth-order valence-electron chi connectivity index (χ4n) is 6.06. The highest BCUT2D eigenvalue weighted by molar-refractivity contribution is 5.80. The first kappa shape index (κ1) is 44.8. The van der Waals surface area contributed by atoms with Gasteiger partial charge in [0, 0.05) is 0 Å². The summed E-state index contributed by atoms with van der Waals surface area (Å²) in [5.74, 6) is -0.509. The van der Waals surface area contributed by atoms with Crippen LogP contribution in [0.2, 0.25) is 0 Å². The van der Waals surface area contributed by atoms with E-state index in [1.165, 1.54) is 154 Å². The maximum Gasteiger partial charge on any atom is 0.249 e. The third kappa shape index (κ3) is 31.4.